The number of benzene rings is 4. The van der Waals surface area contributed by atoms with E-state index in [9.17, 15) is 30.6 Å². The number of allylic oxidation sites excluding steroid dienone is 2. The molecule has 2 heterocycles. The molecule has 0 fully saturated rings. The number of phenols is 6. The summed E-state index contributed by atoms with van der Waals surface area (Å²) in [7, 11) is 0. The Morgan fingerprint density at radius 1 is 0.738 bits per heavy atom. The Kier molecular flexibility index (Phi) is 5.46. The molecule has 8 heteroatoms. The summed E-state index contributed by atoms with van der Waals surface area (Å²) in [5.74, 6) is 0.626. The van der Waals surface area contributed by atoms with Gasteiger partial charge < -0.3 is 40.1 Å². The Hall–Kier alpha value is -5.50. The molecule has 0 radical (unpaired) electrons. The van der Waals surface area contributed by atoms with Crippen LogP contribution in [-0.2, 0) is 0 Å². The molecule has 6 N–H and O–H groups in total. The Morgan fingerprint density at radius 3 is 2.21 bits per heavy atom. The average Bonchev–Trinajstić information content (AvgIpc) is 2.91. The SMILES string of the molecule is CC12C=C3C(=C(c4ccc(O)cc4O)Oc4cc(/C=C\c5ccc(O)cc5O)cc(O)c43)C(C1)c1ccc(O)cc1O2. The minimum atomic E-state index is -0.761. The molecular formula is C34H26O8. The number of hydrogen-bond acceptors (Lipinski definition) is 8. The molecule has 0 saturated heterocycles. The highest BCUT2D eigenvalue weighted by Gasteiger charge is 2.47. The lowest BCUT2D eigenvalue weighted by atomic mass is 9.68. The van der Waals surface area contributed by atoms with Crippen LogP contribution in [0.3, 0.4) is 0 Å². The van der Waals surface area contributed by atoms with Gasteiger partial charge in [-0.3, -0.25) is 0 Å². The maximum Gasteiger partial charge on any atom is 0.142 e. The van der Waals surface area contributed by atoms with Crippen LogP contribution in [-0.4, -0.2) is 36.2 Å². The first-order valence-corrected chi connectivity index (χ1v) is 13.4. The fraction of sp³-hybridized carbons (Fsp3) is 0.118. The van der Waals surface area contributed by atoms with E-state index in [0.29, 0.717) is 51.5 Å². The summed E-state index contributed by atoms with van der Waals surface area (Å²) < 4.78 is 12.9. The van der Waals surface area contributed by atoms with Crippen LogP contribution in [0.25, 0.3) is 23.5 Å². The van der Waals surface area contributed by atoms with Crippen LogP contribution in [0.4, 0.5) is 0 Å². The van der Waals surface area contributed by atoms with E-state index in [0.717, 1.165) is 11.1 Å². The maximum absolute atomic E-state index is 11.4. The predicted molar refractivity (Wildman–Crippen MR) is 157 cm³/mol. The van der Waals surface area contributed by atoms with Gasteiger partial charge in [-0.2, -0.15) is 0 Å². The van der Waals surface area contributed by atoms with E-state index in [1.807, 2.05) is 13.0 Å². The van der Waals surface area contributed by atoms with E-state index in [1.165, 1.54) is 24.3 Å². The summed E-state index contributed by atoms with van der Waals surface area (Å²) >= 11 is 0. The van der Waals surface area contributed by atoms with Gasteiger partial charge in [0.05, 0.1) is 11.1 Å². The number of hydrogen-bond donors (Lipinski definition) is 6. The Balaban J connectivity index is 1.42. The van der Waals surface area contributed by atoms with Crippen LogP contribution in [0, 0.1) is 0 Å². The van der Waals surface area contributed by atoms with Gasteiger partial charge in [0.15, 0.2) is 0 Å². The molecule has 4 aromatic rings. The van der Waals surface area contributed by atoms with E-state index in [4.69, 9.17) is 9.47 Å². The monoisotopic (exact) mass is 562 g/mol. The van der Waals surface area contributed by atoms with Crippen molar-refractivity contribution in [3.05, 3.63) is 106 Å². The zero-order valence-electron chi connectivity index (χ0n) is 22.4. The van der Waals surface area contributed by atoms with Crippen molar-refractivity contribution in [2.45, 2.75) is 24.9 Å². The van der Waals surface area contributed by atoms with Gasteiger partial charge in [0.1, 0.15) is 57.4 Å². The number of ether oxygens (including phenoxy) is 2. The van der Waals surface area contributed by atoms with Gasteiger partial charge in [0.25, 0.3) is 0 Å². The highest BCUT2D eigenvalue weighted by atomic mass is 16.5. The van der Waals surface area contributed by atoms with Gasteiger partial charge in [-0.1, -0.05) is 18.2 Å². The van der Waals surface area contributed by atoms with Crippen molar-refractivity contribution in [2.24, 2.45) is 0 Å². The summed E-state index contributed by atoms with van der Waals surface area (Å²) in [5, 5.41) is 62.2. The molecule has 0 saturated carbocycles. The van der Waals surface area contributed by atoms with Crippen molar-refractivity contribution in [3.8, 4) is 46.0 Å². The van der Waals surface area contributed by atoms with E-state index in [1.54, 1.807) is 54.6 Å². The molecule has 0 spiro atoms. The molecule has 210 valence electrons. The molecule has 2 aliphatic heterocycles. The Bertz CT molecular complexity index is 1900. The molecule has 7 rings (SSSR count). The molecule has 2 bridgehead atoms. The van der Waals surface area contributed by atoms with E-state index in [-0.39, 0.29) is 40.4 Å². The first-order chi connectivity index (χ1) is 20.1. The second-order valence-corrected chi connectivity index (χ2v) is 11.0. The molecular weight excluding hydrogens is 536 g/mol. The molecule has 8 nitrogen and oxygen atoms in total. The molecule has 1 aliphatic carbocycles. The zero-order chi connectivity index (χ0) is 29.3. The molecule has 42 heavy (non-hydrogen) atoms. The van der Waals surface area contributed by atoms with Gasteiger partial charge in [-0.15, -0.1) is 0 Å². The van der Waals surface area contributed by atoms with Crippen molar-refractivity contribution >= 4 is 23.5 Å². The molecule has 4 aromatic carbocycles. The van der Waals surface area contributed by atoms with Crippen LogP contribution in [0.1, 0.15) is 47.1 Å². The van der Waals surface area contributed by atoms with Crippen LogP contribution >= 0.6 is 0 Å². The second kappa shape index (κ2) is 9.01. The van der Waals surface area contributed by atoms with E-state index >= 15 is 0 Å². The third kappa shape index (κ3) is 4.07. The predicted octanol–water partition coefficient (Wildman–Crippen LogP) is 6.62. The van der Waals surface area contributed by atoms with Crippen molar-refractivity contribution in [1.29, 1.82) is 0 Å². The van der Waals surface area contributed by atoms with Crippen LogP contribution < -0.4 is 9.47 Å². The van der Waals surface area contributed by atoms with Gasteiger partial charge in [-0.25, -0.2) is 0 Å². The molecule has 3 aliphatic rings. The fourth-order valence-corrected chi connectivity index (χ4v) is 6.12. The van der Waals surface area contributed by atoms with Crippen LogP contribution in [0.15, 0.2) is 78.4 Å². The topological polar surface area (TPSA) is 140 Å². The molecule has 0 aromatic heterocycles. The van der Waals surface area contributed by atoms with Gasteiger partial charge in [-0.05, 0) is 66.6 Å². The smallest absolute Gasteiger partial charge is 0.142 e. The fourth-order valence-electron chi connectivity index (χ4n) is 6.12. The number of phenolic OH excluding ortho intramolecular Hbond substituents is 6. The van der Waals surface area contributed by atoms with E-state index in [2.05, 4.69) is 0 Å². The molecule has 0 amide bonds. The number of rotatable bonds is 3. The van der Waals surface area contributed by atoms with Crippen molar-refractivity contribution < 1.29 is 40.1 Å². The van der Waals surface area contributed by atoms with Gasteiger partial charge in [0, 0.05) is 47.2 Å². The van der Waals surface area contributed by atoms with Crippen molar-refractivity contribution in [3.63, 3.8) is 0 Å². The largest absolute Gasteiger partial charge is 0.508 e. The minimum Gasteiger partial charge on any atom is -0.508 e. The lowest BCUT2D eigenvalue weighted by Gasteiger charge is -2.45. The van der Waals surface area contributed by atoms with Crippen molar-refractivity contribution in [1.82, 2.24) is 0 Å². The number of aromatic hydroxyl groups is 6. The first-order valence-electron chi connectivity index (χ1n) is 13.4. The summed E-state index contributed by atoms with van der Waals surface area (Å²) in [4.78, 5) is 0. The zero-order valence-corrected chi connectivity index (χ0v) is 22.4. The summed E-state index contributed by atoms with van der Waals surface area (Å²) in [5.41, 5.74) is 3.40. The highest BCUT2D eigenvalue weighted by molar-refractivity contribution is 5.99. The number of fused-ring (bicyclic) bond motifs is 8. The lowest BCUT2D eigenvalue weighted by molar-refractivity contribution is 0.102. The third-order valence-corrected chi connectivity index (χ3v) is 7.94. The van der Waals surface area contributed by atoms with Crippen LogP contribution in [0.5, 0.6) is 46.0 Å². The molecule has 2 unspecified atom stereocenters. The standard InChI is InChI=1S/C34H26O8/c1-34-15-24(22-8-6-21(37)14-29(22)42-34)31-25(16-34)32-28(40)10-17(2-3-18-4-5-19(35)12-26(18)38)11-30(32)41-33(31)23-9-7-20(36)13-27(23)39/h2-14,16,24,35-40H,15H2,1H3/b3-2-. The maximum atomic E-state index is 11.4. The van der Waals surface area contributed by atoms with Crippen LogP contribution in [0.2, 0.25) is 0 Å². The minimum absolute atomic E-state index is 0.0330. The quantitative estimate of drug-likeness (QED) is 0.153. The highest BCUT2D eigenvalue weighted by Crippen LogP contribution is 2.59. The summed E-state index contributed by atoms with van der Waals surface area (Å²) in [6.07, 6.45) is 5.85. The summed E-state index contributed by atoms with van der Waals surface area (Å²) in [6.45, 7) is 1.95. The Morgan fingerprint density at radius 2 is 1.45 bits per heavy atom. The normalized spacial score (nSPS) is 20.2. The van der Waals surface area contributed by atoms with Gasteiger partial charge >= 0.3 is 0 Å². The van der Waals surface area contributed by atoms with Crippen molar-refractivity contribution in [2.75, 3.05) is 0 Å². The molecule has 2 atom stereocenters. The Labute approximate surface area is 240 Å². The van der Waals surface area contributed by atoms with Gasteiger partial charge in [0.2, 0.25) is 0 Å². The summed E-state index contributed by atoms with van der Waals surface area (Å²) in [6, 6.07) is 16.9. The van der Waals surface area contributed by atoms with E-state index < -0.39 is 5.60 Å². The first kappa shape index (κ1) is 25.5. The lowest BCUT2D eigenvalue weighted by Crippen LogP contribution is -2.40. The average molecular weight is 563 g/mol. The third-order valence-electron chi connectivity index (χ3n) is 7.94. The second-order valence-electron chi connectivity index (χ2n) is 11.0.